The highest BCUT2D eigenvalue weighted by molar-refractivity contribution is 7.08. The van der Waals surface area contributed by atoms with Crippen molar-refractivity contribution in [2.45, 2.75) is 18.4 Å². The van der Waals surface area contributed by atoms with Crippen LogP contribution in [0.4, 0.5) is 0 Å². The van der Waals surface area contributed by atoms with Crippen LogP contribution in [0.3, 0.4) is 0 Å². The molecule has 0 fully saturated rings. The summed E-state index contributed by atoms with van der Waals surface area (Å²) in [5, 5.41) is 8.34. The fourth-order valence-corrected chi connectivity index (χ4v) is 8.93. The molecule has 3 aliphatic rings. The Kier molecular flexibility index (Phi) is 4.34. The summed E-state index contributed by atoms with van der Waals surface area (Å²) in [7, 11) is 0. The van der Waals surface area contributed by atoms with E-state index < -0.39 is 5.60 Å². The van der Waals surface area contributed by atoms with Gasteiger partial charge in [0.05, 0.1) is 45.2 Å². The number of pyridine rings is 2. The van der Waals surface area contributed by atoms with Crippen LogP contribution in [0.1, 0.15) is 29.7 Å². The zero-order valence-corrected chi connectivity index (χ0v) is 25.0. The number of benzene rings is 3. The first kappa shape index (κ1) is 23.9. The van der Waals surface area contributed by atoms with E-state index >= 15 is 0 Å². The Balaban J connectivity index is 1.31. The molecule has 45 heavy (non-hydrogen) atoms. The van der Waals surface area contributed by atoms with Crippen molar-refractivity contribution in [2.24, 2.45) is 0 Å². The topological polar surface area (TPSA) is 44.9 Å². The van der Waals surface area contributed by atoms with Crippen LogP contribution in [0.25, 0.3) is 72.7 Å². The lowest BCUT2D eigenvalue weighted by molar-refractivity contribution is 0.152. The Morgan fingerprint density at radius 3 is 2.11 bits per heavy atom. The monoisotopic (exact) mass is 596 g/mol. The predicted molar refractivity (Wildman–Crippen MR) is 182 cm³/mol. The van der Waals surface area contributed by atoms with E-state index in [-0.39, 0.29) is 5.92 Å². The summed E-state index contributed by atoms with van der Waals surface area (Å²) < 4.78 is 11.9. The minimum atomic E-state index is -0.506. The lowest BCUT2D eigenvalue weighted by Gasteiger charge is -2.33. The number of aromatic nitrogens is 4. The molecule has 8 aromatic rings. The van der Waals surface area contributed by atoms with E-state index in [0.717, 1.165) is 28.3 Å². The van der Waals surface area contributed by atoms with Gasteiger partial charge in [0, 0.05) is 67.3 Å². The number of hydrogen-bond acceptors (Lipinski definition) is 4. The molecule has 0 saturated carbocycles. The average molecular weight is 597 g/mol. The van der Waals surface area contributed by atoms with E-state index in [1.54, 1.807) is 11.3 Å². The fraction of sp³-hybridized carbons (Fsp3) is 0.0769. The molecule has 0 saturated heterocycles. The number of nitrogens with zero attached hydrogens (tertiary/aromatic N) is 4. The van der Waals surface area contributed by atoms with E-state index in [4.69, 9.17) is 4.74 Å². The zero-order chi connectivity index (χ0) is 29.4. The van der Waals surface area contributed by atoms with Crippen molar-refractivity contribution in [3.63, 3.8) is 0 Å². The van der Waals surface area contributed by atoms with Crippen LogP contribution in [0.2, 0.25) is 0 Å². The first-order chi connectivity index (χ1) is 22.2. The number of fused-ring (bicyclic) bond motifs is 9. The fourth-order valence-electron chi connectivity index (χ4n) is 8.16. The van der Waals surface area contributed by atoms with Crippen LogP contribution in [0.5, 0.6) is 5.75 Å². The van der Waals surface area contributed by atoms with E-state index in [1.807, 2.05) is 24.5 Å². The molecule has 6 heteroatoms. The van der Waals surface area contributed by atoms with Gasteiger partial charge >= 0.3 is 0 Å². The van der Waals surface area contributed by atoms with E-state index in [1.165, 1.54) is 60.9 Å². The van der Waals surface area contributed by atoms with Gasteiger partial charge in [-0.2, -0.15) is 0 Å². The lowest BCUT2D eigenvalue weighted by Crippen LogP contribution is -2.36. The molecule has 5 nitrogen and oxygen atoms in total. The Hall–Kier alpha value is -5.46. The van der Waals surface area contributed by atoms with Crippen molar-refractivity contribution in [1.82, 2.24) is 19.1 Å². The Labute approximate surface area is 262 Å². The molecule has 11 rings (SSSR count). The van der Waals surface area contributed by atoms with Crippen LogP contribution in [0.15, 0.2) is 114 Å². The first-order valence-electron chi connectivity index (χ1n) is 15.3. The molecule has 2 atom stereocenters. The van der Waals surface area contributed by atoms with Gasteiger partial charge in [0.2, 0.25) is 0 Å². The third-order valence-corrected chi connectivity index (χ3v) is 10.8. The number of thiophene rings is 1. The molecule has 212 valence electrons. The minimum absolute atomic E-state index is 0.0215. The summed E-state index contributed by atoms with van der Waals surface area (Å²) in [4.78, 5) is 9.37. The summed E-state index contributed by atoms with van der Waals surface area (Å²) in [5.41, 5.74) is 13.4. The molecule has 1 aliphatic carbocycles. The maximum absolute atomic E-state index is 6.92. The second-order valence-electron chi connectivity index (χ2n) is 12.4. The van der Waals surface area contributed by atoms with E-state index in [0.29, 0.717) is 0 Å². The third-order valence-electron chi connectivity index (χ3n) is 10.0. The van der Waals surface area contributed by atoms with Crippen molar-refractivity contribution < 1.29 is 4.74 Å². The highest BCUT2D eigenvalue weighted by Gasteiger charge is 2.51. The highest BCUT2D eigenvalue weighted by atomic mass is 32.1. The van der Waals surface area contributed by atoms with Crippen molar-refractivity contribution in [3.8, 4) is 39.6 Å². The van der Waals surface area contributed by atoms with Gasteiger partial charge in [-0.15, -0.1) is 11.3 Å². The molecule has 2 aliphatic heterocycles. The van der Waals surface area contributed by atoms with Gasteiger partial charge in [0.25, 0.3) is 0 Å². The van der Waals surface area contributed by atoms with Crippen LogP contribution < -0.4 is 4.74 Å². The maximum Gasteiger partial charge on any atom is 0.137 e. The quantitative estimate of drug-likeness (QED) is 0.200. The first-order valence-corrected chi connectivity index (χ1v) is 16.2. The summed E-state index contributed by atoms with van der Waals surface area (Å²) >= 11 is 1.75. The smallest absolute Gasteiger partial charge is 0.137 e. The van der Waals surface area contributed by atoms with Crippen molar-refractivity contribution in [1.29, 1.82) is 0 Å². The molecule has 5 aromatic heterocycles. The third kappa shape index (κ3) is 2.93. The molecule has 0 radical (unpaired) electrons. The highest BCUT2D eigenvalue weighted by Crippen LogP contribution is 2.59. The van der Waals surface area contributed by atoms with Crippen molar-refractivity contribution in [2.75, 3.05) is 0 Å². The standard InChI is InChI=1S/C39H24N4OS/c1-39-15-14-27-25-11-9-23(29-7-3-5-17-41-29)19-31(25)43-33-21-45-20-32(33)42-30-18-22(28-6-2-4-16-40-28)8-10-24(30)26-12-13-34(44-39)35(37(26)42)36(39)38(27)43/h2-21,36H,1H3. The van der Waals surface area contributed by atoms with E-state index in [2.05, 4.69) is 122 Å². The van der Waals surface area contributed by atoms with Gasteiger partial charge in [-0.25, -0.2) is 0 Å². The molecule has 2 unspecified atom stereocenters. The second kappa shape index (κ2) is 8.17. The largest absolute Gasteiger partial charge is 0.482 e. The number of rotatable bonds is 2. The summed E-state index contributed by atoms with van der Waals surface area (Å²) in [6.45, 7) is 2.24. The zero-order valence-electron chi connectivity index (χ0n) is 24.2. The minimum Gasteiger partial charge on any atom is -0.482 e. The van der Waals surface area contributed by atoms with Crippen LogP contribution in [-0.2, 0) is 0 Å². The Morgan fingerprint density at radius 1 is 0.733 bits per heavy atom. The van der Waals surface area contributed by atoms with Gasteiger partial charge in [-0.1, -0.05) is 42.5 Å². The maximum atomic E-state index is 6.92. The number of ether oxygens (including phenoxy) is 1. The summed E-state index contributed by atoms with van der Waals surface area (Å²) in [5.74, 6) is 0.986. The van der Waals surface area contributed by atoms with Crippen molar-refractivity contribution >= 4 is 50.1 Å². The van der Waals surface area contributed by atoms with Gasteiger partial charge in [0.1, 0.15) is 11.4 Å². The molecular formula is C39H24N4OS. The molecule has 7 heterocycles. The molecule has 0 bridgehead atoms. The van der Waals surface area contributed by atoms with Gasteiger partial charge < -0.3 is 13.9 Å². The van der Waals surface area contributed by atoms with Gasteiger partial charge in [0.15, 0.2) is 0 Å². The lowest BCUT2D eigenvalue weighted by atomic mass is 9.76. The average Bonchev–Trinajstić information content (AvgIpc) is 3.82. The Morgan fingerprint density at radius 2 is 1.40 bits per heavy atom. The number of hydrogen-bond donors (Lipinski definition) is 0. The predicted octanol–water partition coefficient (Wildman–Crippen LogP) is 9.54. The van der Waals surface area contributed by atoms with Gasteiger partial charge in [-0.05, 0) is 61.5 Å². The normalized spacial score (nSPS) is 18.7. The SMILES string of the molecule is CC12C=Cc3c4n(c5cc(-c6ccccn6)ccc35)-c3cscc3-n3c5cc(-c6ccccn6)ccc5c5ccc(c(c53)C41)O2. The molecule has 0 spiro atoms. The molecule has 0 N–H and O–H groups in total. The van der Waals surface area contributed by atoms with Gasteiger partial charge in [-0.3, -0.25) is 9.97 Å². The summed E-state index contributed by atoms with van der Waals surface area (Å²) in [6, 6.07) is 30.2. The summed E-state index contributed by atoms with van der Waals surface area (Å²) in [6.07, 6.45) is 8.30. The van der Waals surface area contributed by atoms with E-state index in [9.17, 15) is 0 Å². The van der Waals surface area contributed by atoms with Crippen LogP contribution in [-0.4, -0.2) is 24.7 Å². The second-order valence-corrected chi connectivity index (χ2v) is 13.2. The molecule has 3 aromatic carbocycles. The molecule has 0 amide bonds. The van der Waals surface area contributed by atoms with Crippen LogP contribution in [0, 0.1) is 0 Å². The van der Waals surface area contributed by atoms with Crippen LogP contribution >= 0.6 is 11.3 Å². The Bertz CT molecular complexity index is 2590. The van der Waals surface area contributed by atoms with Crippen molar-refractivity contribution in [3.05, 3.63) is 131 Å². The molecular weight excluding hydrogens is 573 g/mol.